The first-order valence-corrected chi connectivity index (χ1v) is 7.31. The van der Waals surface area contributed by atoms with E-state index in [4.69, 9.17) is 0 Å². The molecular formula is C15H21Cl2F2N5. The molecule has 2 N–H and O–H groups in total. The van der Waals surface area contributed by atoms with Gasteiger partial charge in [-0.15, -0.1) is 24.8 Å². The minimum absolute atomic E-state index is 0. The van der Waals surface area contributed by atoms with E-state index in [0.717, 1.165) is 36.6 Å². The van der Waals surface area contributed by atoms with Crippen molar-refractivity contribution in [3.63, 3.8) is 0 Å². The average molecular weight is 380 g/mol. The summed E-state index contributed by atoms with van der Waals surface area (Å²) in [6.07, 6.45) is 0.0998. The van der Waals surface area contributed by atoms with Crippen LogP contribution in [0.2, 0.25) is 0 Å². The first kappa shape index (κ1) is 20.6. The molecule has 24 heavy (non-hydrogen) atoms. The number of nitrogens with zero attached hydrogens (tertiary/aromatic N) is 3. The highest BCUT2D eigenvalue weighted by molar-refractivity contribution is 5.85. The summed E-state index contributed by atoms with van der Waals surface area (Å²) in [6.45, 7) is 3.81. The zero-order valence-electron chi connectivity index (χ0n) is 13.4. The van der Waals surface area contributed by atoms with Crippen LogP contribution in [0.5, 0.6) is 0 Å². The number of hydrogen-bond acceptors (Lipinski definition) is 4. The van der Waals surface area contributed by atoms with Crippen molar-refractivity contribution in [3.8, 4) is 11.3 Å². The lowest BCUT2D eigenvalue weighted by Gasteiger charge is -2.13. The molecule has 9 heteroatoms. The SMILES string of the molecule is Cc1nc(N[C@H]2CCNC2)ccc1-c1cn(C)c(C(F)F)n1.Cl.Cl. The Morgan fingerprint density at radius 1 is 1.29 bits per heavy atom. The molecule has 0 spiro atoms. The topological polar surface area (TPSA) is 54.8 Å². The molecule has 3 rings (SSSR count). The number of alkyl halides is 2. The monoisotopic (exact) mass is 379 g/mol. The van der Waals surface area contributed by atoms with Crippen LogP contribution in [0, 0.1) is 6.92 Å². The van der Waals surface area contributed by atoms with E-state index in [0.29, 0.717) is 11.7 Å². The molecule has 0 bridgehead atoms. The Morgan fingerprint density at radius 3 is 2.58 bits per heavy atom. The third kappa shape index (κ3) is 4.34. The Kier molecular flexibility index (Phi) is 7.38. The summed E-state index contributed by atoms with van der Waals surface area (Å²) in [6, 6.07) is 4.14. The molecule has 2 aromatic heterocycles. The molecule has 0 aliphatic carbocycles. The van der Waals surface area contributed by atoms with Crippen LogP contribution in [0.15, 0.2) is 18.3 Å². The maximum atomic E-state index is 12.8. The van der Waals surface area contributed by atoms with Crippen LogP contribution in [-0.4, -0.2) is 33.7 Å². The van der Waals surface area contributed by atoms with E-state index in [-0.39, 0.29) is 30.6 Å². The van der Waals surface area contributed by atoms with Gasteiger partial charge >= 0.3 is 0 Å². The number of halogens is 4. The van der Waals surface area contributed by atoms with Crippen molar-refractivity contribution >= 4 is 30.6 Å². The third-order valence-electron chi connectivity index (χ3n) is 3.88. The predicted octanol–water partition coefficient (Wildman–Crippen LogP) is 3.35. The Bertz CT molecular complexity index is 672. The lowest BCUT2D eigenvalue weighted by Crippen LogP contribution is -2.22. The van der Waals surface area contributed by atoms with Gasteiger partial charge in [0.05, 0.1) is 5.69 Å². The Hall–Kier alpha value is -1.44. The van der Waals surface area contributed by atoms with Gasteiger partial charge in [-0.2, -0.15) is 0 Å². The molecule has 134 valence electrons. The van der Waals surface area contributed by atoms with Gasteiger partial charge in [-0.05, 0) is 32.0 Å². The van der Waals surface area contributed by atoms with Gasteiger partial charge < -0.3 is 15.2 Å². The molecule has 2 aromatic rings. The second kappa shape index (κ2) is 8.60. The molecule has 0 amide bonds. The van der Waals surface area contributed by atoms with Crippen LogP contribution in [0.25, 0.3) is 11.3 Å². The Balaban J connectivity index is 0.00000144. The average Bonchev–Trinajstić information content (AvgIpc) is 3.08. The van der Waals surface area contributed by atoms with Crippen molar-refractivity contribution in [2.45, 2.75) is 25.8 Å². The fourth-order valence-corrected chi connectivity index (χ4v) is 2.71. The fraction of sp³-hybridized carbons (Fsp3) is 0.467. The van der Waals surface area contributed by atoms with Crippen LogP contribution in [0.3, 0.4) is 0 Å². The van der Waals surface area contributed by atoms with E-state index in [1.165, 1.54) is 4.57 Å². The molecule has 0 aromatic carbocycles. The second-order valence-electron chi connectivity index (χ2n) is 5.56. The minimum atomic E-state index is -2.58. The van der Waals surface area contributed by atoms with E-state index < -0.39 is 6.43 Å². The standard InChI is InChI=1S/C15H19F2N5.2ClH/c1-9-11(12-8-22(2)15(21-12)14(16)17)3-4-13(19-9)20-10-5-6-18-7-10;;/h3-4,8,10,14,18H,5-7H2,1-2H3,(H,19,20);2*1H/t10-;;/m0../s1. The summed E-state index contributed by atoms with van der Waals surface area (Å²) in [5.74, 6) is 0.577. The van der Waals surface area contributed by atoms with Crippen LogP contribution >= 0.6 is 24.8 Å². The Morgan fingerprint density at radius 2 is 2.04 bits per heavy atom. The van der Waals surface area contributed by atoms with E-state index in [9.17, 15) is 8.78 Å². The lowest BCUT2D eigenvalue weighted by atomic mass is 10.1. The highest BCUT2D eigenvalue weighted by atomic mass is 35.5. The van der Waals surface area contributed by atoms with Crippen molar-refractivity contribution in [2.75, 3.05) is 18.4 Å². The van der Waals surface area contributed by atoms with Crippen molar-refractivity contribution in [1.82, 2.24) is 19.9 Å². The summed E-state index contributed by atoms with van der Waals surface area (Å²) >= 11 is 0. The molecule has 1 atom stereocenters. The number of aryl methyl sites for hydroxylation is 2. The number of anilines is 1. The normalized spacial score (nSPS) is 16.6. The molecule has 0 unspecified atom stereocenters. The zero-order valence-corrected chi connectivity index (χ0v) is 15.1. The van der Waals surface area contributed by atoms with Crippen LogP contribution in [0.4, 0.5) is 14.6 Å². The molecule has 0 radical (unpaired) electrons. The van der Waals surface area contributed by atoms with Gasteiger partial charge in [0.2, 0.25) is 0 Å². The molecule has 3 heterocycles. The van der Waals surface area contributed by atoms with Crippen molar-refractivity contribution in [2.24, 2.45) is 7.05 Å². The first-order valence-electron chi connectivity index (χ1n) is 7.31. The van der Waals surface area contributed by atoms with Gasteiger partial charge in [-0.25, -0.2) is 18.7 Å². The van der Waals surface area contributed by atoms with Crippen molar-refractivity contribution in [3.05, 3.63) is 29.8 Å². The molecule has 0 saturated carbocycles. The number of rotatable bonds is 4. The summed E-state index contributed by atoms with van der Waals surface area (Å²) in [5.41, 5.74) is 2.07. The molecule has 1 aliphatic heterocycles. The Labute approximate surface area is 152 Å². The maximum absolute atomic E-state index is 12.8. The smallest absolute Gasteiger partial charge is 0.295 e. The van der Waals surface area contributed by atoms with Gasteiger partial charge in [0.1, 0.15) is 5.82 Å². The maximum Gasteiger partial charge on any atom is 0.295 e. The quantitative estimate of drug-likeness (QED) is 0.854. The fourth-order valence-electron chi connectivity index (χ4n) is 2.71. The van der Waals surface area contributed by atoms with E-state index in [2.05, 4.69) is 20.6 Å². The minimum Gasteiger partial charge on any atom is -0.366 e. The number of imidazole rings is 1. The summed E-state index contributed by atoms with van der Waals surface area (Å²) < 4.78 is 27.0. The van der Waals surface area contributed by atoms with Gasteiger partial charge in [0.15, 0.2) is 5.82 Å². The number of pyridine rings is 1. The zero-order chi connectivity index (χ0) is 15.7. The van der Waals surface area contributed by atoms with Crippen LogP contribution < -0.4 is 10.6 Å². The number of aromatic nitrogens is 3. The molecule has 1 aliphatic rings. The van der Waals surface area contributed by atoms with E-state index in [1.807, 2.05) is 19.1 Å². The van der Waals surface area contributed by atoms with Gasteiger partial charge in [0.25, 0.3) is 6.43 Å². The van der Waals surface area contributed by atoms with E-state index >= 15 is 0 Å². The van der Waals surface area contributed by atoms with Crippen LogP contribution in [-0.2, 0) is 7.05 Å². The molecule has 1 saturated heterocycles. The highest BCUT2D eigenvalue weighted by Gasteiger charge is 2.18. The second-order valence-corrected chi connectivity index (χ2v) is 5.56. The summed E-state index contributed by atoms with van der Waals surface area (Å²) in [4.78, 5) is 8.54. The van der Waals surface area contributed by atoms with Crippen molar-refractivity contribution in [1.29, 1.82) is 0 Å². The predicted molar refractivity (Wildman–Crippen MR) is 95.5 cm³/mol. The summed E-state index contributed by atoms with van der Waals surface area (Å²) in [5, 5.41) is 6.67. The summed E-state index contributed by atoms with van der Waals surface area (Å²) in [7, 11) is 1.57. The van der Waals surface area contributed by atoms with Crippen LogP contribution in [0.1, 0.15) is 24.4 Å². The van der Waals surface area contributed by atoms with Gasteiger partial charge in [0, 0.05) is 37.1 Å². The van der Waals surface area contributed by atoms with Crippen molar-refractivity contribution < 1.29 is 8.78 Å². The molecular weight excluding hydrogens is 359 g/mol. The van der Waals surface area contributed by atoms with Gasteiger partial charge in [-0.3, -0.25) is 0 Å². The van der Waals surface area contributed by atoms with Gasteiger partial charge in [-0.1, -0.05) is 0 Å². The van der Waals surface area contributed by atoms with E-state index in [1.54, 1.807) is 13.2 Å². The molecule has 5 nitrogen and oxygen atoms in total. The lowest BCUT2D eigenvalue weighted by molar-refractivity contribution is 0.137. The number of hydrogen-bond donors (Lipinski definition) is 2. The highest BCUT2D eigenvalue weighted by Crippen LogP contribution is 2.26. The number of nitrogens with one attached hydrogen (secondary N) is 2. The molecule has 1 fully saturated rings. The largest absolute Gasteiger partial charge is 0.366 e. The first-order chi connectivity index (χ1) is 10.5. The third-order valence-corrected chi connectivity index (χ3v) is 3.88.